The highest BCUT2D eigenvalue weighted by Crippen LogP contribution is 2.49. The highest BCUT2D eigenvalue weighted by Gasteiger charge is 2.62. The van der Waals surface area contributed by atoms with Gasteiger partial charge in [0.15, 0.2) is 5.54 Å². The molecule has 4 heterocycles. The Kier molecular flexibility index (Phi) is 5.45. The second-order valence-corrected chi connectivity index (χ2v) is 6.85. The zero-order valence-corrected chi connectivity index (χ0v) is 14.0. The Morgan fingerprint density at radius 2 is 1.71 bits per heavy atom. The van der Waals surface area contributed by atoms with E-state index >= 15 is 0 Å². The van der Waals surface area contributed by atoms with Crippen molar-refractivity contribution < 1.29 is 13.2 Å². The van der Waals surface area contributed by atoms with Crippen molar-refractivity contribution in [2.24, 2.45) is 0 Å². The van der Waals surface area contributed by atoms with E-state index in [2.05, 4.69) is 15.2 Å². The van der Waals surface area contributed by atoms with E-state index in [9.17, 15) is 13.2 Å². The maximum atomic E-state index is 13.0. The van der Waals surface area contributed by atoms with E-state index in [1.165, 1.54) is 37.9 Å². The van der Waals surface area contributed by atoms with Crippen LogP contribution in [0, 0.1) is 0 Å². The third kappa shape index (κ3) is 3.59. The number of hydrogen-bond donors (Lipinski definition) is 0. The van der Waals surface area contributed by atoms with Gasteiger partial charge in [0.1, 0.15) is 18.8 Å². The SMILES string of the molecule is C1CCC[N]CC1.FC(F)(F)c1cccnc1C12CCC[N+]1CC2. The van der Waals surface area contributed by atoms with E-state index in [0.717, 1.165) is 51.5 Å². The normalized spacial score (nSPS) is 27.5. The Morgan fingerprint density at radius 3 is 2.29 bits per heavy atom. The predicted molar refractivity (Wildman–Crippen MR) is 87.0 cm³/mol. The van der Waals surface area contributed by atoms with Crippen LogP contribution in [0.2, 0.25) is 0 Å². The highest BCUT2D eigenvalue weighted by atomic mass is 19.4. The summed E-state index contributed by atoms with van der Waals surface area (Å²) in [5.41, 5.74) is -0.755. The van der Waals surface area contributed by atoms with Gasteiger partial charge >= 0.3 is 6.18 Å². The van der Waals surface area contributed by atoms with E-state index < -0.39 is 17.3 Å². The van der Waals surface area contributed by atoms with Crippen molar-refractivity contribution in [2.45, 2.75) is 56.7 Å². The number of aromatic nitrogens is 1. The van der Waals surface area contributed by atoms with Crippen LogP contribution in [0.5, 0.6) is 0 Å². The first-order valence-corrected chi connectivity index (χ1v) is 8.95. The number of alkyl halides is 3. The van der Waals surface area contributed by atoms with Crippen LogP contribution >= 0.6 is 0 Å². The monoisotopic (exact) mass is 340 g/mol. The first-order valence-electron chi connectivity index (χ1n) is 8.95. The fourth-order valence-electron chi connectivity index (χ4n) is 4.02. The highest BCUT2D eigenvalue weighted by molar-refractivity contribution is 5.34. The van der Waals surface area contributed by atoms with Gasteiger partial charge in [-0.1, -0.05) is 12.8 Å². The molecule has 0 aliphatic carbocycles. The first kappa shape index (κ1) is 17.7. The molecule has 132 valence electrons. The van der Waals surface area contributed by atoms with E-state index in [1.807, 2.05) is 0 Å². The quantitative estimate of drug-likeness (QED) is 0.716. The van der Waals surface area contributed by atoms with Gasteiger partial charge in [-0.15, -0.1) is 0 Å². The van der Waals surface area contributed by atoms with E-state index in [1.54, 1.807) is 0 Å². The lowest BCUT2D eigenvalue weighted by Crippen LogP contribution is -2.58. The number of rotatable bonds is 1. The minimum atomic E-state index is -4.30. The molecule has 1 unspecified atom stereocenters. The molecule has 1 aromatic heterocycles. The zero-order chi connectivity index (χ0) is 17.0. The molecule has 3 nitrogen and oxygen atoms in total. The predicted octanol–water partition coefficient (Wildman–Crippen LogP) is 3.80. The van der Waals surface area contributed by atoms with E-state index in [4.69, 9.17) is 0 Å². The maximum Gasteiger partial charge on any atom is 0.418 e. The minimum absolute atomic E-state index is 0.233. The largest absolute Gasteiger partial charge is 0.418 e. The molecule has 1 atom stereocenters. The van der Waals surface area contributed by atoms with Gasteiger partial charge in [-0.2, -0.15) is 18.1 Å². The van der Waals surface area contributed by atoms with Crippen molar-refractivity contribution in [3.05, 3.63) is 29.6 Å². The molecule has 0 N–H and O–H groups in total. The molecule has 0 amide bonds. The summed E-state index contributed by atoms with van der Waals surface area (Å²) in [6.07, 6.45) is 5.21. The molecule has 1 aromatic rings. The van der Waals surface area contributed by atoms with Gasteiger partial charge in [-0.25, -0.2) is 5.32 Å². The molecule has 0 bridgehead atoms. The van der Waals surface area contributed by atoms with Crippen molar-refractivity contribution in [1.82, 2.24) is 15.2 Å². The van der Waals surface area contributed by atoms with Gasteiger partial charge in [0, 0.05) is 32.1 Å². The van der Waals surface area contributed by atoms with Gasteiger partial charge < -0.3 is 0 Å². The van der Waals surface area contributed by atoms with E-state index in [-0.39, 0.29) is 5.69 Å². The Hall–Kier alpha value is -1.14. The van der Waals surface area contributed by atoms with Crippen LogP contribution in [0.15, 0.2) is 18.3 Å². The summed E-state index contributed by atoms with van der Waals surface area (Å²) in [4.78, 5) is 6.17. The van der Waals surface area contributed by atoms with E-state index in [0.29, 0.717) is 0 Å². The second kappa shape index (κ2) is 7.40. The summed E-state index contributed by atoms with van der Waals surface area (Å²) in [7, 11) is 0. The molecule has 3 saturated heterocycles. The van der Waals surface area contributed by atoms with Crippen molar-refractivity contribution in [1.29, 1.82) is 0 Å². The van der Waals surface area contributed by atoms with Crippen LogP contribution in [-0.4, -0.2) is 31.2 Å². The fourth-order valence-corrected chi connectivity index (χ4v) is 4.02. The summed E-state index contributed by atoms with van der Waals surface area (Å²) >= 11 is 0. The molecule has 4 rings (SSSR count). The van der Waals surface area contributed by atoms with Crippen molar-refractivity contribution in [3.8, 4) is 0 Å². The lowest BCUT2D eigenvalue weighted by molar-refractivity contribution is -0.140. The van der Waals surface area contributed by atoms with Crippen LogP contribution in [0.25, 0.3) is 0 Å². The molecule has 2 radical (unpaired) electrons. The van der Waals surface area contributed by atoms with Crippen LogP contribution in [0.4, 0.5) is 13.2 Å². The average Bonchev–Trinajstić information content (AvgIpc) is 2.77. The molecule has 0 spiro atoms. The summed E-state index contributed by atoms with van der Waals surface area (Å²) in [5, 5.41) is 4.27. The number of nitrogens with zero attached hydrogens (tertiary/aromatic N) is 3. The Balaban J connectivity index is 0.000000203. The van der Waals surface area contributed by atoms with Gasteiger partial charge in [-0.05, 0) is 25.0 Å². The summed E-state index contributed by atoms with van der Waals surface area (Å²) < 4.78 is 38.9. The second-order valence-electron chi connectivity index (χ2n) is 6.85. The minimum Gasteiger partial charge on any atom is -0.254 e. The van der Waals surface area contributed by atoms with Gasteiger partial charge in [-0.3, -0.25) is 4.98 Å². The molecule has 24 heavy (non-hydrogen) atoms. The maximum absolute atomic E-state index is 13.0. The lowest BCUT2D eigenvalue weighted by Gasteiger charge is -2.38. The average molecular weight is 340 g/mol. The molecular formula is C18H25F3N3+. The van der Waals surface area contributed by atoms with Crippen LogP contribution < -0.4 is 10.2 Å². The lowest BCUT2D eigenvalue weighted by atomic mass is 9.79. The van der Waals surface area contributed by atoms with Gasteiger partial charge in [0.05, 0.1) is 12.0 Å². The summed E-state index contributed by atoms with van der Waals surface area (Å²) in [6.45, 7) is 4.04. The first-order chi connectivity index (χ1) is 11.5. The van der Waals surface area contributed by atoms with Crippen LogP contribution in [0.1, 0.15) is 56.2 Å². The molecule has 3 fully saturated rings. The molecule has 0 aromatic carbocycles. The number of fused-ring (bicyclic) bond motifs is 1. The summed E-state index contributed by atoms with van der Waals surface area (Å²) in [6, 6.07) is 2.51. The third-order valence-corrected chi connectivity index (χ3v) is 5.36. The Labute approximate surface area is 141 Å². The Morgan fingerprint density at radius 1 is 0.958 bits per heavy atom. The summed E-state index contributed by atoms with van der Waals surface area (Å²) in [5.74, 6) is 0. The van der Waals surface area contributed by atoms with Crippen molar-refractivity contribution in [2.75, 3.05) is 26.2 Å². The topological polar surface area (TPSA) is 32.9 Å². The molecule has 3 aliphatic rings. The molecular weight excluding hydrogens is 315 g/mol. The third-order valence-electron chi connectivity index (χ3n) is 5.36. The number of hydrogen-bond acceptors (Lipinski definition) is 2. The van der Waals surface area contributed by atoms with Crippen LogP contribution in [0.3, 0.4) is 0 Å². The fraction of sp³-hybridized carbons (Fsp3) is 0.722. The molecule has 6 heteroatoms. The van der Waals surface area contributed by atoms with Gasteiger partial charge in [0.2, 0.25) is 0 Å². The standard InChI is InChI=1S/C12H13F3N2.C6H12N/c13-12(14,15)9-3-1-6-16-10(9)11-4-2-7-17(11)8-5-11;1-2-4-6-7-5-3-1/h1,3,6H,2,4-5,7-8H2;1-6H2/q+1;. The van der Waals surface area contributed by atoms with Crippen molar-refractivity contribution >= 4 is 0 Å². The van der Waals surface area contributed by atoms with Crippen molar-refractivity contribution in [3.63, 3.8) is 0 Å². The molecule has 3 aliphatic heterocycles. The molecule has 0 saturated carbocycles. The van der Waals surface area contributed by atoms with Gasteiger partial charge in [0.25, 0.3) is 0 Å². The van der Waals surface area contributed by atoms with Crippen LogP contribution in [-0.2, 0) is 11.7 Å². The smallest absolute Gasteiger partial charge is 0.254 e. The Bertz CT molecular complexity index is 527. The number of pyridine rings is 1. The number of halogens is 3. The zero-order valence-electron chi connectivity index (χ0n) is 14.0.